The summed E-state index contributed by atoms with van der Waals surface area (Å²) >= 11 is 0. The fraction of sp³-hybridized carbons (Fsp3) is 0.182. The van der Waals surface area contributed by atoms with E-state index >= 15 is 0 Å². The molecule has 0 saturated heterocycles. The molecule has 0 bridgehead atoms. The van der Waals surface area contributed by atoms with E-state index in [0.29, 0.717) is 11.1 Å². The molecule has 16 heavy (non-hydrogen) atoms. The third-order valence-corrected chi connectivity index (χ3v) is 3.15. The van der Waals surface area contributed by atoms with Gasteiger partial charge in [-0.25, -0.2) is 13.1 Å². The first-order valence-electron chi connectivity index (χ1n) is 4.48. The summed E-state index contributed by atoms with van der Waals surface area (Å²) in [5, 5.41) is 8.79. The first kappa shape index (κ1) is 12.3. The quantitative estimate of drug-likeness (QED) is 0.776. The summed E-state index contributed by atoms with van der Waals surface area (Å²) in [6.45, 7) is -0.0446. The highest BCUT2D eigenvalue weighted by Gasteiger charge is 2.12. The average Bonchev–Trinajstić information content (AvgIpc) is 2.27. The lowest BCUT2D eigenvalue weighted by molar-refractivity contribution is 0.585. The summed E-state index contributed by atoms with van der Waals surface area (Å²) in [5.74, 6) is 1.95. The lowest BCUT2D eigenvalue weighted by Gasteiger charge is -2.05. The van der Waals surface area contributed by atoms with Gasteiger partial charge in [-0.15, -0.1) is 6.42 Å². The Bertz CT molecular complexity index is 550. The maximum atomic E-state index is 11.5. The Morgan fingerprint density at radius 3 is 2.69 bits per heavy atom. The zero-order valence-electron chi connectivity index (χ0n) is 8.47. The van der Waals surface area contributed by atoms with Crippen LogP contribution in [0.3, 0.4) is 0 Å². The predicted molar refractivity (Wildman–Crippen MR) is 60.6 cm³/mol. The molecule has 0 fully saturated rings. The van der Waals surface area contributed by atoms with E-state index < -0.39 is 10.0 Å². The van der Waals surface area contributed by atoms with Gasteiger partial charge in [0.25, 0.3) is 0 Å². The van der Waals surface area contributed by atoms with Gasteiger partial charge in [-0.1, -0.05) is 24.1 Å². The number of hydrogen-bond acceptors (Lipinski definition) is 3. The molecule has 0 aliphatic heterocycles. The molecular formula is C11H10N2O2S. The summed E-state index contributed by atoms with van der Waals surface area (Å²) in [6.07, 6.45) is 4.96. The van der Waals surface area contributed by atoms with E-state index in [9.17, 15) is 8.42 Å². The second-order valence-corrected chi connectivity index (χ2v) is 4.86. The summed E-state index contributed by atoms with van der Waals surface area (Å²) in [7, 11) is -3.47. The monoisotopic (exact) mass is 234 g/mol. The fourth-order valence-corrected chi connectivity index (χ4v) is 2.23. The van der Waals surface area contributed by atoms with Gasteiger partial charge in [-0.05, 0) is 11.6 Å². The van der Waals surface area contributed by atoms with Crippen molar-refractivity contribution in [3.8, 4) is 18.4 Å². The van der Waals surface area contributed by atoms with Gasteiger partial charge in [-0.3, -0.25) is 0 Å². The number of terminal acetylenes is 1. The van der Waals surface area contributed by atoms with E-state index in [1.54, 1.807) is 24.3 Å². The van der Waals surface area contributed by atoms with E-state index in [1.807, 2.05) is 6.07 Å². The molecule has 4 nitrogen and oxygen atoms in total. The summed E-state index contributed by atoms with van der Waals surface area (Å²) in [6, 6.07) is 8.49. The molecule has 0 aliphatic carbocycles. The zero-order chi connectivity index (χ0) is 12.0. The van der Waals surface area contributed by atoms with E-state index in [-0.39, 0.29) is 12.3 Å². The lowest BCUT2D eigenvalue weighted by atomic mass is 10.1. The van der Waals surface area contributed by atoms with Gasteiger partial charge < -0.3 is 0 Å². The van der Waals surface area contributed by atoms with E-state index in [4.69, 9.17) is 11.7 Å². The van der Waals surface area contributed by atoms with Crippen LogP contribution >= 0.6 is 0 Å². The Kier molecular flexibility index (Phi) is 4.07. The van der Waals surface area contributed by atoms with E-state index in [2.05, 4.69) is 10.6 Å². The lowest BCUT2D eigenvalue weighted by Crippen LogP contribution is -2.25. The van der Waals surface area contributed by atoms with Gasteiger partial charge >= 0.3 is 0 Å². The Morgan fingerprint density at radius 1 is 1.38 bits per heavy atom. The van der Waals surface area contributed by atoms with Crippen molar-refractivity contribution in [3.05, 3.63) is 35.4 Å². The largest absolute Gasteiger partial charge is 0.216 e. The predicted octanol–water partition coefficient (Wildman–Crippen LogP) is 0.611. The molecular weight excluding hydrogens is 224 g/mol. The Hall–Kier alpha value is -1.82. The van der Waals surface area contributed by atoms with Gasteiger partial charge in [0.15, 0.2) is 0 Å². The molecule has 82 valence electrons. The SMILES string of the molecule is C#CCNS(=O)(=O)Cc1ccccc1C#N. The molecule has 0 radical (unpaired) electrons. The highest BCUT2D eigenvalue weighted by molar-refractivity contribution is 7.88. The molecule has 0 aromatic heterocycles. The Morgan fingerprint density at radius 2 is 2.06 bits per heavy atom. The molecule has 1 rings (SSSR count). The van der Waals surface area contributed by atoms with Crippen molar-refractivity contribution < 1.29 is 8.42 Å². The van der Waals surface area contributed by atoms with Crippen LogP contribution in [0.2, 0.25) is 0 Å². The maximum absolute atomic E-state index is 11.5. The van der Waals surface area contributed by atoms with Crippen molar-refractivity contribution in [1.29, 1.82) is 5.26 Å². The maximum Gasteiger partial charge on any atom is 0.216 e. The number of hydrogen-bond donors (Lipinski definition) is 1. The standard InChI is InChI=1S/C11H10N2O2S/c1-2-7-13-16(14,15)9-11-6-4-3-5-10(11)8-12/h1,3-6,13H,7,9H2. The van der Waals surface area contributed by atoms with Crippen LogP contribution in [0.4, 0.5) is 0 Å². The van der Waals surface area contributed by atoms with Gasteiger partial charge in [0.1, 0.15) is 0 Å². The number of nitrogens with one attached hydrogen (secondary N) is 1. The normalized spacial score (nSPS) is 10.4. The first-order chi connectivity index (χ1) is 7.59. The van der Waals surface area contributed by atoms with Crippen LogP contribution in [-0.4, -0.2) is 15.0 Å². The molecule has 0 atom stereocenters. The van der Waals surface area contributed by atoms with Crippen LogP contribution in [-0.2, 0) is 15.8 Å². The molecule has 1 N–H and O–H groups in total. The molecule has 0 unspecified atom stereocenters. The fourth-order valence-electron chi connectivity index (χ4n) is 1.16. The number of rotatable bonds is 4. The molecule has 0 amide bonds. The molecule has 0 heterocycles. The van der Waals surface area contributed by atoms with E-state index in [1.165, 1.54) is 0 Å². The van der Waals surface area contributed by atoms with Gasteiger partial charge in [0.05, 0.1) is 23.9 Å². The second-order valence-electron chi connectivity index (χ2n) is 3.05. The van der Waals surface area contributed by atoms with Gasteiger partial charge in [0, 0.05) is 0 Å². The smallest absolute Gasteiger partial charge is 0.212 e. The third-order valence-electron chi connectivity index (χ3n) is 1.88. The molecule has 0 aliphatic rings. The number of nitrogens with zero attached hydrogens (tertiary/aromatic N) is 1. The van der Waals surface area contributed by atoms with Crippen LogP contribution in [0.1, 0.15) is 11.1 Å². The summed E-state index contributed by atoms with van der Waals surface area (Å²) in [5.41, 5.74) is 0.822. The van der Waals surface area contributed by atoms with E-state index in [0.717, 1.165) is 0 Å². The number of sulfonamides is 1. The van der Waals surface area contributed by atoms with Crippen molar-refractivity contribution in [2.45, 2.75) is 5.75 Å². The van der Waals surface area contributed by atoms with Crippen LogP contribution in [0.25, 0.3) is 0 Å². The summed E-state index contributed by atoms with van der Waals surface area (Å²) < 4.78 is 25.3. The average molecular weight is 234 g/mol. The van der Waals surface area contributed by atoms with Crippen molar-refractivity contribution in [1.82, 2.24) is 4.72 Å². The third kappa shape index (κ3) is 3.39. The molecule has 1 aromatic rings. The first-order valence-corrected chi connectivity index (χ1v) is 6.13. The summed E-state index contributed by atoms with van der Waals surface area (Å²) in [4.78, 5) is 0. The Balaban J connectivity index is 2.90. The van der Waals surface area contributed by atoms with Gasteiger partial charge in [0.2, 0.25) is 10.0 Å². The minimum atomic E-state index is -3.47. The van der Waals surface area contributed by atoms with Crippen molar-refractivity contribution in [2.75, 3.05) is 6.54 Å². The highest BCUT2D eigenvalue weighted by Crippen LogP contribution is 2.10. The van der Waals surface area contributed by atoms with Crippen LogP contribution < -0.4 is 4.72 Å². The minimum Gasteiger partial charge on any atom is -0.212 e. The zero-order valence-corrected chi connectivity index (χ0v) is 9.29. The molecule has 0 saturated carbocycles. The second kappa shape index (κ2) is 5.32. The highest BCUT2D eigenvalue weighted by atomic mass is 32.2. The minimum absolute atomic E-state index is 0.0446. The molecule has 0 spiro atoms. The topological polar surface area (TPSA) is 70.0 Å². The van der Waals surface area contributed by atoms with Crippen LogP contribution in [0, 0.1) is 23.7 Å². The molecule has 1 aromatic carbocycles. The van der Waals surface area contributed by atoms with Crippen LogP contribution in [0.15, 0.2) is 24.3 Å². The molecule has 5 heteroatoms. The van der Waals surface area contributed by atoms with Crippen molar-refractivity contribution in [2.24, 2.45) is 0 Å². The van der Waals surface area contributed by atoms with Crippen molar-refractivity contribution >= 4 is 10.0 Å². The van der Waals surface area contributed by atoms with Gasteiger partial charge in [-0.2, -0.15) is 5.26 Å². The Labute approximate surface area is 95.0 Å². The number of benzene rings is 1. The number of nitriles is 1. The van der Waals surface area contributed by atoms with Crippen LogP contribution in [0.5, 0.6) is 0 Å². The van der Waals surface area contributed by atoms with Crippen molar-refractivity contribution in [3.63, 3.8) is 0 Å².